The molecule has 1 aromatic carbocycles. The molecule has 3 aromatic rings. The third-order valence-corrected chi connectivity index (χ3v) is 3.61. The molecule has 2 aromatic heterocycles. The van der Waals surface area contributed by atoms with Crippen molar-refractivity contribution in [1.29, 1.82) is 0 Å². The van der Waals surface area contributed by atoms with Crippen LogP contribution in [0.25, 0.3) is 5.65 Å². The van der Waals surface area contributed by atoms with Crippen molar-refractivity contribution in [2.24, 2.45) is 0 Å². The molecule has 0 spiro atoms. The van der Waals surface area contributed by atoms with Gasteiger partial charge in [-0.2, -0.15) is 0 Å². The van der Waals surface area contributed by atoms with Crippen LogP contribution in [0.15, 0.2) is 42.6 Å². The van der Waals surface area contributed by atoms with E-state index >= 15 is 0 Å². The molecule has 0 amide bonds. The third kappa shape index (κ3) is 2.70. The van der Waals surface area contributed by atoms with Crippen molar-refractivity contribution >= 4 is 11.3 Å². The Morgan fingerprint density at radius 1 is 1.14 bits per heavy atom. The lowest BCUT2D eigenvalue weighted by molar-refractivity contribution is 0.395. The summed E-state index contributed by atoms with van der Waals surface area (Å²) >= 11 is 0. The quantitative estimate of drug-likeness (QED) is 0.785. The summed E-state index contributed by atoms with van der Waals surface area (Å²) in [4.78, 5) is 4.61. The molecule has 5 heteroatoms. The fourth-order valence-corrected chi connectivity index (χ4v) is 2.41. The van der Waals surface area contributed by atoms with E-state index < -0.39 is 0 Å². The Bertz CT molecular complexity index is 796. The molecule has 3 rings (SSSR count). The molecule has 114 valence electrons. The zero-order valence-electron chi connectivity index (χ0n) is 13.0. The zero-order chi connectivity index (χ0) is 15.5. The second-order valence-corrected chi connectivity index (χ2v) is 5.05. The number of aryl methyl sites for hydroxylation is 1. The van der Waals surface area contributed by atoms with Crippen LogP contribution < -0.4 is 14.8 Å². The molecule has 0 bridgehead atoms. The summed E-state index contributed by atoms with van der Waals surface area (Å²) in [7, 11) is 3.29. The molecule has 1 N–H and O–H groups in total. The Balaban J connectivity index is 1.80. The Hall–Kier alpha value is -2.69. The number of nitrogens with one attached hydrogen (secondary N) is 1. The first-order valence-corrected chi connectivity index (χ1v) is 7.11. The average molecular weight is 297 g/mol. The largest absolute Gasteiger partial charge is 0.497 e. The van der Waals surface area contributed by atoms with Gasteiger partial charge in [-0.15, -0.1) is 0 Å². The van der Waals surface area contributed by atoms with E-state index in [9.17, 15) is 0 Å². The van der Waals surface area contributed by atoms with Crippen molar-refractivity contribution in [1.82, 2.24) is 9.38 Å². The number of hydrogen-bond donors (Lipinski definition) is 1. The second-order valence-electron chi connectivity index (χ2n) is 5.05. The zero-order valence-corrected chi connectivity index (χ0v) is 13.0. The molecular weight excluding hydrogens is 278 g/mol. The van der Waals surface area contributed by atoms with Crippen molar-refractivity contribution in [3.05, 3.63) is 54.0 Å². The standard InChI is InChI=1S/C17H19N3O2/c1-12-5-4-6-17-19-13(11-20(12)17)10-18-15-8-7-14(21-2)9-16(15)22-3/h4-9,11,18H,10H2,1-3H3. The van der Waals surface area contributed by atoms with Gasteiger partial charge in [-0.05, 0) is 31.2 Å². The van der Waals surface area contributed by atoms with Gasteiger partial charge in [-0.3, -0.25) is 0 Å². The molecule has 0 unspecified atom stereocenters. The van der Waals surface area contributed by atoms with Crippen molar-refractivity contribution in [2.75, 3.05) is 19.5 Å². The number of anilines is 1. The van der Waals surface area contributed by atoms with Crippen LogP contribution in [0.4, 0.5) is 5.69 Å². The van der Waals surface area contributed by atoms with E-state index in [0.29, 0.717) is 6.54 Å². The van der Waals surface area contributed by atoms with Gasteiger partial charge in [-0.1, -0.05) is 6.07 Å². The van der Waals surface area contributed by atoms with Crippen LogP contribution in [0.3, 0.4) is 0 Å². The lowest BCUT2D eigenvalue weighted by Crippen LogP contribution is -2.02. The van der Waals surface area contributed by atoms with Gasteiger partial charge < -0.3 is 19.2 Å². The smallest absolute Gasteiger partial charge is 0.145 e. The van der Waals surface area contributed by atoms with Gasteiger partial charge >= 0.3 is 0 Å². The SMILES string of the molecule is COc1ccc(NCc2cn3c(C)cccc3n2)c(OC)c1. The maximum atomic E-state index is 5.39. The number of nitrogens with zero attached hydrogens (tertiary/aromatic N) is 2. The van der Waals surface area contributed by atoms with Crippen LogP contribution in [0.1, 0.15) is 11.4 Å². The van der Waals surface area contributed by atoms with Gasteiger partial charge in [0.25, 0.3) is 0 Å². The van der Waals surface area contributed by atoms with E-state index in [1.54, 1.807) is 14.2 Å². The summed E-state index contributed by atoms with van der Waals surface area (Å²) in [6, 6.07) is 11.8. The van der Waals surface area contributed by atoms with Gasteiger partial charge in [0.15, 0.2) is 0 Å². The summed E-state index contributed by atoms with van der Waals surface area (Å²) in [6.45, 7) is 2.70. The first kappa shape index (κ1) is 14.3. The fraction of sp³-hybridized carbons (Fsp3) is 0.235. The second kappa shape index (κ2) is 5.97. The summed E-state index contributed by atoms with van der Waals surface area (Å²) in [5.41, 5.74) is 4.01. The number of benzene rings is 1. The molecule has 0 radical (unpaired) electrons. The number of rotatable bonds is 5. The van der Waals surface area contributed by atoms with Crippen LogP contribution in [-0.2, 0) is 6.54 Å². The topological polar surface area (TPSA) is 47.8 Å². The molecule has 0 atom stereocenters. The van der Waals surface area contributed by atoms with Gasteiger partial charge in [0.05, 0.1) is 32.1 Å². The average Bonchev–Trinajstić information content (AvgIpc) is 2.97. The Morgan fingerprint density at radius 2 is 2.00 bits per heavy atom. The molecule has 2 heterocycles. The number of imidazole rings is 1. The minimum absolute atomic E-state index is 0.629. The van der Waals surface area contributed by atoms with Crippen molar-refractivity contribution in [3.63, 3.8) is 0 Å². The third-order valence-electron chi connectivity index (χ3n) is 3.61. The number of ether oxygens (including phenoxy) is 2. The number of fused-ring (bicyclic) bond motifs is 1. The van der Waals surface area contributed by atoms with Gasteiger partial charge in [0, 0.05) is 18.0 Å². The monoisotopic (exact) mass is 297 g/mol. The van der Waals surface area contributed by atoms with Crippen molar-refractivity contribution in [3.8, 4) is 11.5 Å². The normalized spacial score (nSPS) is 10.7. The van der Waals surface area contributed by atoms with Crippen LogP contribution >= 0.6 is 0 Å². The first-order valence-electron chi connectivity index (χ1n) is 7.11. The highest BCUT2D eigenvalue weighted by atomic mass is 16.5. The molecule has 0 saturated carbocycles. The Kier molecular flexibility index (Phi) is 3.87. The van der Waals surface area contributed by atoms with Crippen molar-refractivity contribution in [2.45, 2.75) is 13.5 Å². The molecule has 0 aliphatic heterocycles. The minimum Gasteiger partial charge on any atom is -0.497 e. The van der Waals surface area contributed by atoms with E-state index in [-0.39, 0.29) is 0 Å². The van der Waals surface area contributed by atoms with Gasteiger partial charge in [0.2, 0.25) is 0 Å². The minimum atomic E-state index is 0.629. The van der Waals surface area contributed by atoms with Crippen LogP contribution in [0, 0.1) is 6.92 Å². The van der Waals surface area contributed by atoms with Crippen LogP contribution in [-0.4, -0.2) is 23.6 Å². The highest BCUT2D eigenvalue weighted by Gasteiger charge is 2.07. The lowest BCUT2D eigenvalue weighted by atomic mass is 10.2. The van der Waals surface area contributed by atoms with E-state index in [0.717, 1.165) is 28.5 Å². The molecule has 0 aliphatic carbocycles. The molecule has 0 saturated heterocycles. The Labute approximate surface area is 129 Å². The lowest BCUT2D eigenvalue weighted by Gasteiger charge is -2.11. The van der Waals surface area contributed by atoms with Crippen LogP contribution in [0.5, 0.6) is 11.5 Å². The summed E-state index contributed by atoms with van der Waals surface area (Å²) in [6.07, 6.45) is 2.05. The number of pyridine rings is 1. The van der Waals surface area contributed by atoms with Gasteiger partial charge in [0.1, 0.15) is 17.1 Å². The maximum absolute atomic E-state index is 5.39. The highest BCUT2D eigenvalue weighted by molar-refractivity contribution is 5.59. The number of methoxy groups -OCH3 is 2. The molecule has 5 nitrogen and oxygen atoms in total. The van der Waals surface area contributed by atoms with Crippen LogP contribution in [0.2, 0.25) is 0 Å². The summed E-state index contributed by atoms with van der Waals surface area (Å²) in [5.74, 6) is 1.52. The number of hydrogen-bond acceptors (Lipinski definition) is 4. The molecular formula is C17H19N3O2. The number of aromatic nitrogens is 2. The first-order chi connectivity index (χ1) is 10.7. The van der Waals surface area contributed by atoms with E-state index in [2.05, 4.69) is 27.7 Å². The van der Waals surface area contributed by atoms with Gasteiger partial charge in [-0.25, -0.2) is 4.98 Å². The summed E-state index contributed by atoms with van der Waals surface area (Å²) < 4.78 is 12.7. The summed E-state index contributed by atoms with van der Waals surface area (Å²) in [5, 5.41) is 3.36. The Morgan fingerprint density at radius 3 is 2.73 bits per heavy atom. The molecule has 22 heavy (non-hydrogen) atoms. The fourth-order valence-electron chi connectivity index (χ4n) is 2.41. The van der Waals surface area contributed by atoms with Crippen molar-refractivity contribution < 1.29 is 9.47 Å². The molecule has 0 fully saturated rings. The highest BCUT2D eigenvalue weighted by Crippen LogP contribution is 2.29. The predicted octanol–water partition coefficient (Wildman–Crippen LogP) is 3.27. The maximum Gasteiger partial charge on any atom is 0.145 e. The van der Waals surface area contributed by atoms with E-state index in [4.69, 9.17) is 9.47 Å². The van der Waals surface area contributed by atoms with E-state index in [1.165, 1.54) is 5.69 Å². The molecule has 0 aliphatic rings. The van der Waals surface area contributed by atoms with E-state index in [1.807, 2.05) is 36.5 Å². The predicted molar refractivity (Wildman–Crippen MR) is 86.8 cm³/mol.